The summed E-state index contributed by atoms with van der Waals surface area (Å²) in [6.07, 6.45) is 0.868. The lowest BCUT2D eigenvalue weighted by molar-refractivity contribution is -0.344. The molecule has 2 fully saturated rings. The maximum absolute atomic E-state index is 9.61. The van der Waals surface area contributed by atoms with Crippen molar-refractivity contribution in [1.82, 2.24) is 19.5 Å². The Kier molecular flexibility index (Phi) is 3.66. The Morgan fingerprint density at radius 3 is 2.88 bits per heavy atom. The molecule has 0 spiro atoms. The molecule has 2 aromatic rings. The molecule has 5 atom stereocenters. The third kappa shape index (κ3) is 2.26. The number of imidazole rings is 1. The van der Waals surface area contributed by atoms with Crippen LogP contribution in [0.1, 0.15) is 20.1 Å². The van der Waals surface area contributed by atoms with E-state index in [4.69, 9.17) is 24.7 Å². The van der Waals surface area contributed by atoms with Crippen LogP contribution in [0.15, 0.2) is 12.7 Å². The molecule has 0 aliphatic carbocycles. The first-order valence-electron chi connectivity index (χ1n) is 7.75. The van der Waals surface area contributed by atoms with Gasteiger partial charge in [0.2, 0.25) is 0 Å². The molecule has 0 radical (unpaired) electrons. The summed E-state index contributed by atoms with van der Waals surface area (Å²) in [5.41, 5.74) is 6.84. The number of aliphatic hydroxyl groups excluding tert-OH is 1. The van der Waals surface area contributed by atoms with E-state index in [1.54, 1.807) is 17.8 Å². The van der Waals surface area contributed by atoms with Crippen LogP contribution in [-0.2, 0) is 18.9 Å². The van der Waals surface area contributed by atoms with E-state index in [1.165, 1.54) is 6.33 Å². The van der Waals surface area contributed by atoms with Gasteiger partial charge in [0.05, 0.1) is 12.9 Å². The fourth-order valence-corrected chi connectivity index (χ4v) is 3.26. The van der Waals surface area contributed by atoms with E-state index in [-0.39, 0.29) is 12.4 Å². The normalized spacial score (nSPS) is 35.6. The minimum atomic E-state index is -1.18. The van der Waals surface area contributed by atoms with Gasteiger partial charge >= 0.3 is 0 Å². The third-order valence-corrected chi connectivity index (χ3v) is 4.23. The highest BCUT2D eigenvalue weighted by Gasteiger charge is 2.58. The number of nitrogens with zero attached hydrogens (tertiary/aromatic N) is 4. The fraction of sp³-hybridized carbons (Fsp3) is 0.643. The number of hydrogen-bond donors (Lipinski definition) is 2. The van der Waals surface area contributed by atoms with Gasteiger partial charge in [-0.15, -0.1) is 0 Å². The molecule has 2 aromatic heterocycles. The molecule has 2 aliphatic heterocycles. The number of nitrogens with two attached hydrogens (primary N) is 1. The molecule has 4 heterocycles. The standard InChI is InChI=1S/C14H19N5O5/c1-3-21-14(2)23-9-7(4-20)22-13(10(9)24-14)19-6-18-8-11(15)16-5-17-12(8)19/h5-7,9-10,13,20H,3-4H2,1-2H3,(H2,15,16,17)/t7-,9-,10+,13-,14+/m0/s1. The molecule has 0 amide bonds. The first-order chi connectivity index (χ1) is 11.6. The Hall–Kier alpha value is -1.85. The van der Waals surface area contributed by atoms with Crippen LogP contribution >= 0.6 is 0 Å². The zero-order valence-corrected chi connectivity index (χ0v) is 13.3. The van der Waals surface area contributed by atoms with Gasteiger partial charge in [0.15, 0.2) is 17.7 Å². The van der Waals surface area contributed by atoms with Gasteiger partial charge in [0.25, 0.3) is 5.97 Å². The summed E-state index contributed by atoms with van der Waals surface area (Å²) < 4.78 is 25.0. The van der Waals surface area contributed by atoms with Crippen molar-refractivity contribution >= 4 is 17.0 Å². The average Bonchev–Trinajstić information content (AvgIpc) is 3.19. The van der Waals surface area contributed by atoms with Crippen LogP contribution in [0.2, 0.25) is 0 Å². The minimum absolute atomic E-state index is 0.201. The number of anilines is 1. The largest absolute Gasteiger partial charge is 0.394 e. The molecule has 24 heavy (non-hydrogen) atoms. The number of fused-ring (bicyclic) bond motifs is 2. The van der Waals surface area contributed by atoms with E-state index in [0.717, 1.165) is 0 Å². The van der Waals surface area contributed by atoms with Crippen LogP contribution in [0.25, 0.3) is 11.2 Å². The van der Waals surface area contributed by atoms with Crippen LogP contribution in [0.5, 0.6) is 0 Å². The number of nitrogen functional groups attached to an aromatic ring is 1. The number of rotatable bonds is 4. The summed E-state index contributed by atoms with van der Waals surface area (Å²) in [5, 5.41) is 9.61. The van der Waals surface area contributed by atoms with Crippen molar-refractivity contribution in [2.24, 2.45) is 0 Å². The highest BCUT2D eigenvalue weighted by molar-refractivity contribution is 5.81. The van der Waals surface area contributed by atoms with Crippen LogP contribution in [0.4, 0.5) is 5.82 Å². The summed E-state index contributed by atoms with van der Waals surface area (Å²) in [6.45, 7) is 3.79. The lowest BCUT2D eigenvalue weighted by Crippen LogP contribution is -2.35. The molecule has 0 bridgehead atoms. The highest BCUT2D eigenvalue weighted by Crippen LogP contribution is 2.44. The molecule has 0 aromatic carbocycles. The molecule has 10 heteroatoms. The first kappa shape index (κ1) is 15.7. The third-order valence-electron chi connectivity index (χ3n) is 4.23. The Bertz CT molecular complexity index is 754. The summed E-state index contributed by atoms with van der Waals surface area (Å²) in [7, 11) is 0. The molecule has 3 N–H and O–H groups in total. The van der Waals surface area contributed by atoms with Gasteiger partial charge < -0.3 is 29.8 Å². The minimum Gasteiger partial charge on any atom is -0.394 e. The van der Waals surface area contributed by atoms with Crippen LogP contribution in [0, 0.1) is 0 Å². The first-order valence-corrected chi connectivity index (χ1v) is 7.75. The molecular weight excluding hydrogens is 318 g/mol. The van der Waals surface area contributed by atoms with Crippen molar-refractivity contribution in [2.75, 3.05) is 18.9 Å². The zero-order chi connectivity index (χ0) is 16.9. The Morgan fingerprint density at radius 1 is 1.33 bits per heavy atom. The fourth-order valence-electron chi connectivity index (χ4n) is 3.26. The topological polar surface area (TPSA) is 127 Å². The van der Waals surface area contributed by atoms with Crippen LogP contribution in [0.3, 0.4) is 0 Å². The second kappa shape index (κ2) is 5.60. The van der Waals surface area contributed by atoms with Gasteiger partial charge in [0.1, 0.15) is 30.2 Å². The van der Waals surface area contributed by atoms with Crippen molar-refractivity contribution in [1.29, 1.82) is 0 Å². The van der Waals surface area contributed by atoms with Crippen molar-refractivity contribution in [3.63, 3.8) is 0 Å². The van der Waals surface area contributed by atoms with Crippen molar-refractivity contribution in [3.05, 3.63) is 12.7 Å². The van der Waals surface area contributed by atoms with E-state index in [9.17, 15) is 5.11 Å². The van der Waals surface area contributed by atoms with E-state index in [1.807, 2.05) is 6.92 Å². The average molecular weight is 337 g/mol. The SMILES string of the molecule is CCO[C@]1(C)O[C@@H]2[C@@H](O1)[C@@H](n1cnc3c(N)ncnc31)O[C@H]2CO. The molecule has 2 saturated heterocycles. The maximum atomic E-state index is 9.61. The van der Waals surface area contributed by atoms with Gasteiger partial charge in [-0.1, -0.05) is 0 Å². The summed E-state index contributed by atoms with van der Waals surface area (Å²) in [6, 6.07) is 0. The predicted molar refractivity (Wildman–Crippen MR) is 80.5 cm³/mol. The van der Waals surface area contributed by atoms with Gasteiger partial charge in [-0.25, -0.2) is 15.0 Å². The Labute approximate surface area is 137 Å². The highest BCUT2D eigenvalue weighted by atomic mass is 16.9. The lowest BCUT2D eigenvalue weighted by atomic mass is 10.1. The summed E-state index contributed by atoms with van der Waals surface area (Å²) in [5.74, 6) is -0.890. The summed E-state index contributed by atoms with van der Waals surface area (Å²) >= 11 is 0. The molecule has 2 aliphatic rings. The molecule has 10 nitrogen and oxygen atoms in total. The van der Waals surface area contributed by atoms with Gasteiger partial charge in [-0.05, 0) is 6.92 Å². The monoisotopic (exact) mass is 337 g/mol. The lowest BCUT2D eigenvalue weighted by Gasteiger charge is -2.26. The number of aliphatic hydroxyl groups is 1. The maximum Gasteiger partial charge on any atom is 0.280 e. The van der Waals surface area contributed by atoms with Gasteiger partial charge in [0, 0.05) is 13.5 Å². The van der Waals surface area contributed by atoms with E-state index < -0.39 is 30.5 Å². The van der Waals surface area contributed by atoms with E-state index in [0.29, 0.717) is 17.8 Å². The second-order valence-corrected chi connectivity index (χ2v) is 5.79. The van der Waals surface area contributed by atoms with Crippen molar-refractivity contribution in [3.8, 4) is 0 Å². The number of ether oxygens (including phenoxy) is 4. The van der Waals surface area contributed by atoms with Crippen molar-refractivity contribution < 1.29 is 24.1 Å². The van der Waals surface area contributed by atoms with Crippen molar-refractivity contribution in [2.45, 2.75) is 44.4 Å². The number of aromatic nitrogens is 4. The quantitative estimate of drug-likeness (QED) is 0.779. The smallest absolute Gasteiger partial charge is 0.280 e. The van der Waals surface area contributed by atoms with E-state index >= 15 is 0 Å². The zero-order valence-electron chi connectivity index (χ0n) is 13.3. The predicted octanol–water partition coefficient (Wildman–Crippen LogP) is -0.208. The molecule has 4 rings (SSSR count). The molecule has 0 saturated carbocycles. The summed E-state index contributed by atoms with van der Waals surface area (Å²) in [4.78, 5) is 12.4. The van der Waals surface area contributed by atoms with Crippen LogP contribution < -0.4 is 5.73 Å². The van der Waals surface area contributed by atoms with Crippen LogP contribution in [-0.4, -0.2) is 62.1 Å². The molecule has 0 unspecified atom stereocenters. The molecular formula is C14H19N5O5. The second-order valence-electron chi connectivity index (χ2n) is 5.79. The Morgan fingerprint density at radius 2 is 2.12 bits per heavy atom. The molecule has 130 valence electrons. The number of hydrogen-bond acceptors (Lipinski definition) is 9. The van der Waals surface area contributed by atoms with Gasteiger partial charge in [-0.3, -0.25) is 4.57 Å². The van der Waals surface area contributed by atoms with E-state index in [2.05, 4.69) is 15.0 Å². The van der Waals surface area contributed by atoms with Gasteiger partial charge in [-0.2, -0.15) is 0 Å². The Balaban J connectivity index is 1.71.